The number of benzene rings is 1. The molecule has 0 radical (unpaired) electrons. The number of sulfone groups is 1. The van der Waals surface area contributed by atoms with Gasteiger partial charge in [-0.3, -0.25) is 4.79 Å². The predicted molar refractivity (Wildman–Crippen MR) is 67.7 cm³/mol. The van der Waals surface area contributed by atoms with Gasteiger partial charge in [-0.15, -0.1) is 0 Å². The average Bonchev–Trinajstić information content (AvgIpc) is 2.28. The smallest absolute Gasteiger partial charge is 0.307 e. The largest absolute Gasteiger partial charge is 0.466 e. The van der Waals surface area contributed by atoms with E-state index in [9.17, 15) is 13.2 Å². The Balaban J connectivity index is 2.76. The SMILES string of the molecule is CCOC(=O)C[C@@H](N)c1ccc(S(C)(=O)=O)cc1. The highest BCUT2D eigenvalue weighted by atomic mass is 32.2. The van der Waals surface area contributed by atoms with Crippen LogP contribution in [0, 0.1) is 0 Å². The second kappa shape index (κ2) is 5.97. The van der Waals surface area contributed by atoms with Crippen LogP contribution in [0.4, 0.5) is 0 Å². The van der Waals surface area contributed by atoms with Gasteiger partial charge < -0.3 is 10.5 Å². The summed E-state index contributed by atoms with van der Waals surface area (Å²) in [5.41, 5.74) is 6.54. The molecular weight excluding hydrogens is 254 g/mol. The number of carbonyl (C=O) groups excluding carboxylic acids is 1. The molecule has 0 unspecified atom stereocenters. The Kier molecular flexibility index (Phi) is 4.86. The normalized spacial score (nSPS) is 13.1. The molecule has 2 N–H and O–H groups in total. The highest BCUT2D eigenvalue weighted by Crippen LogP contribution is 2.17. The molecule has 18 heavy (non-hydrogen) atoms. The van der Waals surface area contributed by atoms with Crippen molar-refractivity contribution in [2.45, 2.75) is 24.3 Å². The summed E-state index contributed by atoms with van der Waals surface area (Å²) in [5.74, 6) is -0.364. The lowest BCUT2D eigenvalue weighted by Crippen LogP contribution is -2.17. The van der Waals surface area contributed by atoms with Crippen LogP contribution in [-0.4, -0.2) is 27.2 Å². The standard InChI is InChI=1S/C12H17NO4S/c1-3-17-12(14)8-11(13)9-4-6-10(7-5-9)18(2,15)16/h4-7,11H,3,8,13H2,1-2H3/t11-/m1/s1. The highest BCUT2D eigenvalue weighted by Gasteiger charge is 2.13. The maximum atomic E-state index is 11.3. The number of hydrogen-bond acceptors (Lipinski definition) is 5. The Morgan fingerprint density at radius 1 is 1.33 bits per heavy atom. The van der Waals surface area contributed by atoms with Crippen molar-refractivity contribution in [2.24, 2.45) is 5.73 Å². The van der Waals surface area contributed by atoms with E-state index in [0.717, 1.165) is 6.26 Å². The first-order valence-corrected chi connectivity index (χ1v) is 7.45. The van der Waals surface area contributed by atoms with Crippen LogP contribution in [0.2, 0.25) is 0 Å². The minimum Gasteiger partial charge on any atom is -0.466 e. The van der Waals surface area contributed by atoms with E-state index < -0.39 is 15.9 Å². The summed E-state index contributed by atoms with van der Waals surface area (Å²) in [7, 11) is -3.21. The second-order valence-electron chi connectivity index (χ2n) is 3.96. The number of esters is 1. The molecular formula is C12H17NO4S. The third-order valence-corrected chi connectivity index (χ3v) is 3.56. The van der Waals surface area contributed by atoms with E-state index in [1.165, 1.54) is 12.1 Å². The van der Waals surface area contributed by atoms with Gasteiger partial charge in [0.15, 0.2) is 9.84 Å². The van der Waals surface area contributed by atoms with Gasteiger partial charge in [0.1, 0.15) is 0 Å². The number of hydrogen-bond donors (Lipinski definition) is 1. The van der Waals surface area contributed by atoms with Gasteiger partial charge in [-0.25, -0.2) is 8.42 Å². The molecule has 0 saturated carbocycles. The van der Waals surface area contributed by atoms with Crippen molar-refractivity contribution >= 4 is 15.8 Å². The van der Waals surface area contributed by atoms with Crippen molar-refractivity contribution in [3.05, 3.63) is 29.8 Å². The summed E-state index contributed by atoms with van der Waals surface area (Å²) < 4.78 is 27.3. The summed E-state index contributed by atoms with van der Waals surface area (Å²) in [6.07, 6.45) is 1.21. The van der Waals surface area contributed by atoms with Crippen molar-refractivity contribution < 1.29 is 17.9 Å². The summed E-state index contributed by atoms with van der Waals surface area (Å²) >= 11 is 0. The molecule has 0 saturated heterocycles. The van der Waals surface area contributed by atoms with Crippen LogP contribution in [0.5, 0.6) is 0 Å². The molecule has 6 heteroatoms. The van der Waals surface area contributed by atoms with Crippen molar-refractivity contribution in [1.29, 1.82) is 0 Å². The molecule has 1 aromatic carbocycles. The van der Waals surface area contributed by atoms with Crippen molar-refractivity contribution in [1.82, 2.24) is 0 Å². The minimum atomic E-state index is -3.21. The first kappa shape index (κ1) is 14.7. The molecule has 100 valence electrons. The van der Waals surface area contributed by atoms with Crippen molar-refractivity contribution in [2.75, 3.05) is 12.9 Å². The quantitative estimate of drug-likeness (QED) is 0.809. The van der Waals surface area contributed by atoms with Crippen LogP contribution in [0.3, 0.4) is 0 Å². The molecule has 0 bridgehead atoms. The lowest BCUT2D eigenvalue weighted by atomic mass is 10.1. The summed E-state index contributed by atoms with van der Waals surface area (Å²) in [4.78, 5) is 11.5. The Labute approximate surface area is 107 Å². The fourth-order valence-electron chi connectivity index (χ4n) is 1.48. The maximum Gasteiger partial charge on any atom is 0.307 e. The van der Waals surface area contributed by atoms with E-state index in [2.05, 4.69) is 0 Å². The van der Waals surface area contributed by atoms with Gasteiger partial charge in [-0.05, 0) is 24.6 Å². The molecule has 0 amide bonds. The third-order valence-electron chi connectivity index (χ3n) is 2.43. The Hall–Kier alpha value is -1.40. The zero-order valence-electron chi connectivity index (χ0n) is 10.4. The van der Waals surface area contributed by atoms with E-state index in [4.69, 9.17) is 10.5 Å². The zero-order valence-corrected chi connectivity index (χ0v) is 11.2. The molecule has 0 spiro atoms. The summed E-state index contributed by atoms with van der Waals surface area (Å²) in [6.45, 7) is 2.04. The van der Waals surface area contributed by atoms with Gasteiger partial charge >= 0.3 is 5.97 Å². The minimum absolute atomic E-state index is 0.0755. The molecule has 0 aliphatic carbocycles. The van der Waals surface area contributed by atoms with Crippen LogP contribution >= 0.6 is 0 Å². The van der Waals surface area contributed by atoms with Crippen LogP contribution in [0.15, 0.2) is 29.2 Å². The van der Waals surface area contributed by atoms with Gasteiger partial charge in [-0.1, -0.05) is 12.1 Å². The van der Waals surface area contributed by atoms with E-state index in [-0.39, 0.29) is 17.3 Å². The van der Waals surface area contributed by atoms with Crippen molar-refractivity contribution in [3.63, 3.8) is 0 Å². The average molecular weight is 271 g/mol. The van der Waals surface area contributed by atoms with Crippen LogP contribution in [0.25, 0.3) is 0 Å². The fraction of sp³-hybridized carbons (Fsp3) is 0.417. The Bertz CT molecular complexity index is 507. The Morgan fingerprint density at radius 2 is 1.89 bits per heavy atom. The number of rotatable bonds is 5. The molecule has 1 aromatic rings. The molecule has 0 heterocycles. The van der Waals surface area contributed by atoms with E-state index in [1.807, 2.05) is 0 Å². The number of nitrogens with two attached hydrogens (primary N) is 1. The van der Waals surface area contributed by atoms with Gasteiger partial charge in [0, 0.05) is 12.3 Å². The van der Waals surface area contributed by atoms with Crippen molar-refractivity contribution in [3.8, 4) is 0 Å². The van der Waals surface area contributed by atoms with E-state index >= 15 is 0 Å². The lowest BCUT2D eigenvalue weighted by Gasteiger charge is -2.11. The van der Waals surface area contributed by atoms with E-state index in [0.29, 0.717) is 12.2 Å². The summed E-state index contributed by atoms with van der Waals surface area (Å²) in [6, 6.07) is 5.70. The number of carbonyl (C=O) groups is 1. The first-order valence-electron chi connectivity index (χ1n) is 5.55. The molecule has 0 aromatic heterocycles. The predicted octanol–water partition coefficient (Wildman–Crippen LogP) is 1.04. The van der Waals surface area contributed by atoms with Crippen LogP contribution < -0.4 is 5.73 Å². The Morgan fingerprint density at radius 3 is 2.33 bits per heavy atom. The lowest BCUT2D eigenvalue weighted by molar-refractivity contribution is -0.143. The molecule has 0 aliphatic rings. The van der Waals surface area contributed by atoms with Gasteiger partial charge in [0.2, 0.25) is 0 Å². The molecule has 1 atom stereocenters. The first-order chi connectivity index (χ1) is 8.34. The second-order valence-corrected chi connectivity index (χ2v) is 5.97. The van der Waals surface area contributed by atoms with Gasteiger partial charge in [0.05, 0.1) is 17.9 Å². The van der Waals surface area contributed by atoms with E-state index in [1.54, 1.807) is 19.1 Å². The maximum absolute atomic E-state index is 11.3. The number of ether oxygens (including phenoxy) is 1. The monoisotopic (exact) mass is 271 g/mol. The highest BCUT2D eigenvalue weighted by molar-refractivity contribution is 7.90. The topological polar surface area (TPSA) is 86.5 Å². The fourth-order valence-corrected chi connectivity index (χ4v) is 2.11. The van der Waals surface area contributed by atoms with Gasteiger partial charge in [0.25, 0.3) is 0 Å². The molecule has 0 aliphatic heterocycles. The third kappa shape index (κ3) is 4.12. The summed E-state index contributed by atoms with van der Waals surface area (Å²) in [5, 5.41) is 0. The molecule has 5 nitrogen and oxygen atoms in total. The zero-order chi connectivity index (χ0) is 13.8. The van der Waals surface area contributed by atoms with Crippen LogP contribution in [0.1, 0.15) is 24.9 Å². The van der Waals surface area contributed by atoms with Crippen LogP contribution in [-0.2, 0) is 19.4 Å². The van der Waals surface area contributed by atoms with Gasteiger partial charge in [-0.2, -0.15) is 0 Å². The molecule has 1 rings (SSSR count). The molecule has 0 fully saturated rings.